The SMILES string of the molecule is COCC(O)CNC(=O)c1cccn1CC(F)(F)F. The van der Waals surface area contributed by atoms with Crippen LogP contribution in [0.25, 0.3) is 0 Å². The van der Waals surface area contributed by atoms with E-state index in [0.717, 1.165) is 4.57 Å². The number of amides is 1. The molecule has 0 aromatic carbocycles. The van der Waals surface area contributed by atoms with Crippen molar-refractivity contribution in [3.8, 4) is 0 Å². The highest BCUT2D eigenvalue weighted by atomic mass is 19.4. The second kappa shape index (κ2) is 6.58. The number of aliphatic hydroxyl groups excluding tert-OH is 1. The van der Waals surface area contributed by atoms with E-state index >= 15 is 0 Å². The molecule has 8 heteroatoms. The van der Waals surface area contributed by atoms with Crippen molar-refractivity contribution in [2.24, 2.45) is 0 Å². The zero-order valence-electron chi connectivity index (χ0n) is 10.3. The fourth-order valence-corrected chi connectivity index (χ4v) is 1.50. The first kappa shape index (κ1) is 15.5. The monoisotopic (exact) mass is 280 g/mol. The zero-order valence-corrected chi connectivity index (χ0v) is 10.3. The second-order valence-electron chi connectivity index (χ2n) is 3.96. The van der Waals surface area contributed by atoms with E-state index in [1.54, 1.807) is 0 Å². The topological polar surface area (TPSA) is 63.5 Å². The maximum atomic E-state index is 12.3. The van der Waals surface area contributed by atoms with Crippen LogP contribution in [0.15, 0.2) is 18.3 Å². The molecular weight excluding hydrogens is 265 g/mol. The summed E-state index contributed by atoms with van der Waals surface area (Å²) in [6, 6.07) is 2.63. The van der Waals surface area contributed by atoms with Gasteiger partial charge < -0.3 is 19.7 Å². The highest BCUT2D eigenvalue weighted by Crippen LogP contribution is 2.18. The van der Waals surface area contributed by atoms with Crippen molar-refractivity contribution >= 4 is 5.91 Å². The average Bonchev–Trinajstić information content (AvgIpc) is 2.72. The van der Waals surface area contributed by atoms with Crippen LogP contribution >= 0.6 is 0 Å². The Balaban J connectivity index is 2.60. The quantitative estimate of drug-likeness (QED) is 0.809. The summed E-state index contributed by atoms with van der Waals surface area (Å²) in [5.41, 5.74) is -0.109. The number of alkyl halides is 3. The van der Waals surface area contributed by atoms with Gasteiger partial charge in [-0.25, -0.2) is 0 Å². The van der Waals surface area contributed by atoms with Crippen LogP contribution in [0.5, 0.6) is 0 Å². The van der Waals surface area contributed by atoms with E-state index in [0.29, 0.717) is 0 Å². The van der Waals surface area contributed by atoms with Gasteiger partial charge in [-0.05, 0) is 12.1 Å². The van der Waals surface area contributed by atoms with Gasteiger partial charge in [0, 0.05) is 19.9 Å². The van der Waals surface area contributed by atoms with Gasteiger partial charge in [0.25, 0.3) is 5.91 Å². The first-order valence-corrected chi connectivity index (χ1v) is 5.50. The van der Waals surface area contributed by atoms with Crippen LogP contribution in [0.1, 0.15) is 10.5 Å². The second-order valence-corrected chi connectivity index (χ2v) is 3.96. The number of nitrogens with one attached hydrogen (secondary N) is 1. The highest BCUT2D eigenvalue weighted by molar-refractivity contribution is 5.92. The van der Waals surface area contributed by atoms with Crippen molar-refractivity contribution in [3.63, 3.8) is 0 Å². The van der Waals surface area contributed by atoms with Gasteiger partial charge >= 0.3 is 6.18 Å². The van der Waals surface area contributed by atoms with Crippen LogP contribution in [-0.2, 0) is 11.3 Å². The molecule has 1 rings (SSSR count). The van der Waals surface area contributed by atoms with E-state index in [1.807, 2.05) is 0 Å². The zero-order chi connectivity index (χ0) is 14.5. The van der Waals surface area contributed by atoms with Crippen molar-refractivity contribution in [1.29, 1.82) is 0 Å². The van der Waals surface area contributed by atoms with Gasteiger partial charge in [-0.3, -0.25) is 4.79 Å². The van der Waals surface area contributed by atoms with Crippen molar-refractivity contribution in [1.82, 2.24) is 9.88 Å². The number of nitrogens with zero attached hydrogens (tertiary/aromatic N) is 1. The predicted molar refractivity (Wildman–Crippen MR) is 60.7 cm³/mol. The lowest BCUT2D eigenvalue weighted by Crippen LogP contribution is -2.35. The smallest absolute Gasteiger partial charge is 0.389 e. The van der Waals surface area contributed by atoms with E-state index in [9.17, 15) is 23.1 Å². The van der Waals surface area contributed by atoms with Gasteiger partial charge in [0.1, 0.15) is 12.2 Å². The molecule has 0 aliphatic heterocycles. The minimum absolute atomic E-state index is 0.0316. The van der Waals surface area contributed by atoms with Crippen LogP contribution in [0.3, 0.4) is 0 Å². The predicted octanol–water partition coefficient (Wildman–Crippen LogP) is 0.787. The summed E-state index contributed by atoms with van der Waals surface area (Å²) in [6.07, 6.45) is -4.13. The third-order valence-electron chi connectivity index (χ3n) is 2.27. The van der Waals surface area contributed by atoms with Crippen LogP contribution in [0, 0.1) is 0 Å². The van der Waals surface area contributed by atoms with Gasteiger partial charge in [-0.1, -0.05) is 0 Å². The van der Waals surface area contributed by atoms with Crippen LogP contribution in [0.4, 0.5) is 13.2 Å². The summed E-state index contributed by atoms with van der Waals surface area (Å²) in [4.78, 5) is 11.7. The number of halogens is 3. The Hall–Kier alpha value is -1.54. The first-order valence-electron chi connectivity index (χ1n) is 5.50. The number of aliphatic hydroxyl groups is 1. The lowest BCUT2D eigenvalue weighted by Gasteiger charge is -2.13. The van der Waals surface area contributed by atoms with E-state index in [4.69, 9.17) is 0 Å². The van der Waals surface area contributed by atoms with Crippen molar-refractivity contribution in [2.45, 2.75) is 18.8 Å². The van der Waals surface area contributed by atoms with Gasteiger partial charge in [-0.2, -0.15) is 13.2 Å². The minimum Gasteiger partial charge on any atom is -0.389 e. The van der Waals surface area contributed by atoms with Crippen LogP contribution < -0.4 is 5.32 Å². The number of methoxy groups -OCH3 is 1. The number of carbonyl (C=O) groups is 1. The van der Waals surface area contributed by atoms with Gasteiger partial charge in [0.15, 0.2) is 0 Å². The summed E-state index contributed by atoms with van der Waals surface area (Å²) in [6.45, 7) is -1.29. The Morgan fingerprint density at radius 1 is 1.58 bits per heavy atom. The lowest BCUT2D eigenvalue weighted by molar-refractivity contribution is -0.140. The number of ether oxygens (including phenoxy) is 1. The third-order valence-corrected chi connectivity index (χ3v) is 2.27. The molecule has 1 heterocycles. The first-order chi connectivity index (χ1) is 8.83. The maximum absolute atomic E-state index is 12.3. The molecule has 0 aliphatic carbocycles. The van der Waals surface area contributed by atoms with E-state index in [2.05, 4.69) is 10.1 Å². The molecular formula is C11H15F3N2O3. The molecule has 1 aromatic rings. The Morgan fingerprint density at radius 3 is 2.84 bits per heavy atom. The molecule has 0 fully saturated rings. The number of rotatable bonds is 6. The molecule has 19 heavy (non-hydrogen) atoms. The van der Waals surface area contributed by atoms with Crippen molar-refractivity contribution < 1.29 is 27.8 Å². The molecule has 108 valence electrons. The third kappa shape index (κ3) is 5.31. The Labute approximate surface area is 108 Å². The normalized spacial score (nSPS) is 13.3. The number of hydrogen-bond donors (Lipinski definition) is 2. The average molecular weight is 280 g/mol. The molecule has 5 nitrogen and oxygen atoms in total. The van der Waals surface area contributed by atoms with Crippen LogP contribution in [-0.4, -0.2) is 48.1 Å². The van der Waals surface area contributed by atoms with E-state index in [-0.39, 0.29) is 18.8 Å². The summed E-state index contributed by atoms with van der Waals surface area (Å²) in [5, 5.41) is 11.7. The lowest BCUT2D eigenvalue weighted by atomic mass is 10.3. The number of hydrogen-bond acceptors (Lipinski definition) is 3. The van der Waals surface area contributed by atoms with Gasteiger partial charge in [0.05, 0.1) is 12.7 Å². The summed E-state index contributed by atoms with van der Waals surface area (Å²) < 4.78 is 42.3. The number of carbonyl (C=O) groups excluding carboxylic acids is 1. The molecule has 0 aliphatic rings. The molecule has 1 atom stereocenters. The Bertz CT molecular complexity index is 418. The Morgan fingerprint density at radius 2 is 2.26 bits per heavy atom. The summed E-state index contributed by atoms with van der Waals surface area (Å²) in [5.74, 6) is -0.676. The molecule has 0 radical (unpaired) electrons. The van der Waals surface area contributed by atoms with E-state index < -0.39 is 24.7 Å². The molecule has 0 spiro atoms. The summed E-state index contributed by atoms with van der Waals surface area (Å²) in [7, 11) is 1.39. The minimum atomic E-state index is -4.40. The van der Waals surface area contributed by atoms with Gasteiger partial charge in [0.2, 0.25) is 0 Å². The highest BCUT2D eigenvalue weighted by Gasteiger charge is 2.29. The maximum Gasteiger partial charge on any atom is 0.406 e. The largest absolute Gasteiger partial charge is 0.406 e. The fraction of sp³-hybridized carbons (Fsp3) is 0.545. The molecule has 1 unspecified atom stereocenters. The van der Waals surface area contributed by atoms with E-state index in [1.165, 1.54) is 25.4 Å². The molecule has 0 saturated heterocycles. The number of aromatic nitrogens is 1. The fourth-order valence-electron chi connectivity index (χ4n) is 1.50. The van der Waals surface area contributed by atoms with Crippen molar-refractivity contribution in [3.05, 3.63) is 24.0 Å². The molecule has 1 amide bonds. The molecule has 0 saturated carbocycles. The Kier molecular flexibility index (Phi) is 5.37. The molecule has 1 aromatic heterocycles. The molecule has 0 bridgehead atoms. The van der Waals surface area contributed by atoms with Crippen molar-refractivity contribution in [2.75, 3.05) is 20.3 Å². The summed E-state index contributed by atoms with van der Waals surface area (Å²) >= 11 is 0. The van der Waals surface area contributed by atoms with Crippen LogP contribution in [0.2, 0.25) is 0 Å². The van der Waals surface area contributed by atoms with Gasteiger partial charge in [-0.15, -0.1) is 0 Å². The standard InChI is InChI=1S/C11H15F3N2O3/c1-19-6-8(17)5-15-10(18)9-3-2-4-16(9)7-11(12,13)14/h2-4,8,17H,5-7H2,1H3,(H,15,18). The molecule has 2 N–H and O–H groups in total.